The lowest BCUT2D eigenvalue weighted by Gasteiger charge is -2.34. The second-order valence-electron chi connectivity index (χ2n) is 5.75. The molecule has 0 saturated carbocycles. The lowest BCUT2D eigenvalue weighted by atomic mass is 9.80. The van der Waals surface area contributed by atoms with E-state index in [1.165, 1.54) is 0 Å². The number of carbonyl (C=O) groups is 2. The van der Waals surface area contributed by atoms with E-state index in [0.29, 0.717) is 32.1 Å². The van der Waals surface area contributed by atoms with Crippen molar-refractivity contribution in [1.29, 1.82) is 0 Å². The predicted octanol–water partition coefficient (Wildman–Crippen LogP) is 1.45. The summed E-state index contributed by atoms with van der Waals surface area (Å²) in [7, 11) is 0. The van der Waals surface area contributed by atoms with Gasteiger partial charge >= 0.3 is 12.0 Å². The molecule has 2 rings (SSSR count). The van der Waals surface area contributed by atoms with Gasteiger partial charge in [0.15, 0.2) is 0 Å². The number of carboxylic acid groups (broad SMARTS) is 1. The SMILES string of the molecule is CCC1CCCN1C(=O)NCC1(C(=O)O)CCOCC1. The van der Waals surface area contributed by atoms with Crippen LogP contribution in [0.15, 0.2) is 0 Å². The first-order valence-electron chi connectivity index (χ1n) is 7.45. The molecule has 114 valence electrons. The molecule has 1 unspecified atom stereocenters. The largest absolute Gasteiger partial charge is 0.481 e. The van der Waals surface area contributed by atoms with Crippen LogP contribution in [-0.2, 0) is 9.53 Å². The predicted molar refractivity (Wildman–Crippen MR) is 73.5 cm³/mol. The van der Waals surface area contributed by atoms with Crippen LogP contribution in [0.2, 0.25) is 0 Å². The molecule has 2 aliphatic heterocycles. The zero-order valence-electron chi connectivity index (χ0n) is 12.1. The van der Waals surface area contributed by atoms with Crippen LogP contribution in [0.1, 0.15) is 39.0 Å². The molecule has 20 heavy (non-hydrogen) atoms. The van der Waals surface area contributed by atoms with Crippen molar-refractivity contribution >= 4 is 12.0 Å². The highest BCUT2D eigenvalue weighted by molar-refractivity contribution is 5.78. The first-order chi connectivity index (χ1) is 9.59. The fraction of sp³-hybridized carbons (Fsp3) is 0.857. The van der Waals surface area contributed by atoms with Crippen LogP contribution >= 0.6 is 0 Å². The molecular formula is C14H24N2O4. The number of rotatable bonds is 4. The molecule has 2 aliphatic rings. The second kappa shape index (κ2) is 6.43. The first kappa shape index (κ1) is 15.1. The topological polar surface area (TPSA) is 78.9 Å². The molecule has 0 aromatic carbocycles. The number of nitrogens with zero attached hydrogens (tertiary/aromatic N) is 1. The van der Waals surface area contributed by atoms with Gasteiger partial charge in [-0.1, -0.05) is 6.92 Å². The Morgan fingerprint density at radius 1 is 1.40 bits per heavy atom. The highest BCUT2D eigenvalue weighted by Crippen LogP contribution is 2.30. The Morgan fingerprint density at radius 3 is 2.70 bits per heavy atom. The van der Waals surface area contributed by atoms with Gasteiger partial charge in [0.05, 0.1) is 5.41 Å². The van der Waals surface area contributed by atoms with Crippen LogP contribution in [0.5, 0.6) is 0 Å². The number of carbonyl (C=O) groups excluding carboxylic acids is 1. The molecule has 2 heterocycles. The lowest BCUT2D eigenvalue weighted by Crippen LogP contribution is -2.50. The molecule has 0 aliphatic carbocycles. The third kappa shape index (κ3) is 3.06. The van der Waals surface area contributed by atoms with E-state index in [4.69, 9.17) is 4.74 Å². The monoisotopic (exact) mass is 284 g/mol. The summed E-state index contributed by atoms with van der Waals surface area (Å²) in [6.45, 7) is 3.94. The summed E-state index contributed by atoms with van der Waals surface area (Å²) in [6, 6.07) is 0.173. The van der Waals surface area contributed by atoms with Crippen LogP contribution < -0.4 is 5.32 Å². The minimum Gasteiger partial charge on any atom is -0.481 e. The smallest absolute Gasteiger partial charge is 0.317 e. The Balaban J connectivity index is 1.92. The third-order valence-electron chi connectivity index (χ3n) is 4.59. The van der Waals surface area contributed by atoms with Crippen molar-refractivity contribution in [2.75, 3.05) is 26.3 Å². The van der Waals surface area contributed by atoms with E-state index in [1.54, 1.807) is 0 Å². The lowest BCUT2D eigenvalue weighted by molar-refractivity contribution is -0.154. The Labute approximate surface area is 119 Å². The molecule has 1 atom stereocenters. The number of hydrogen-bond donors (Lipinski definition) is 2. The summed E-state index contributed by atoms with van der Waals surface area (Å²) >= 11 is 0. The molecule has 2 saturated heterocycles. The normalized spacial score (nSPS) is 25.4. The fourth-order valence-electron chi connectivity index (χ4n) is 3.10. The van der Waals surface area contributed by atoms with Gasteiger partial charge in [-0.25, -0.2) is 4.79 Å². The van der Waals surface area contributed by atoms with E-state index >= 15 is 0 Å². The molecule has 2 amide bonds. The minimum atomic E-state index is -0.866. The highest BCUT2D eigenvalue weighted by atomic mass is 16.5. The van der Waals surface area contributed by atoms with E-state index < -0.39 is 11.4 Å². The standard InChI is InChI=1S/C14H24N2O4/c1-2-11-4-3-7-16(11)13(19)15-10-14(12(17)18)5-8-20-9-6-14/h11H,2-10H2,1H3,(H,15,19)(H,17,18). The quantitative estimate of drug-likeness (QED) is 0.819. The third-order valence-corrected chi connectivity index (χ3v) is 4.59. The molecular weight excluding hydrogens is 260 g/mol. The summed E-state index contributed by atoms with van der Waals surface area (Å²) in [6.07, 6.45) is 3.94. The molecule has 0 spiro atoms. The Morgan fingerprint density at radius 2 is 2.10 bits per heavy atom. The van der Waals surface area contributed by atoms with E-state index in [9.17, 15) is 14.7 Å². The number of amides is 2. The van der Waals surface area contributed by atoms with E-state index in [0.717, 1.165) is 25.8 Å². The van der Waals surface area contributed by atoms with Crippen molar-refractivity contribution in [3.8, 4) is 0 Å². The van der Waals surface area contributed by atoms with Gasteiger partial charge in [-0.05, 0) is 32.1 Å². The summed E-state index contributed by atoms with van der Waals surface area (Å²) in [5, 5.41) is 12.3. The van der Waals surface area contributed by atoms with Crippen molar-refractivity contribution in [3.05, 3.63) is 0 Å². The molecule has 2 fully saturated rings. The van der Waals surface area contributed by atoms with Crippen molar-refractivity contribution < 1.29 is 19.4 Å². The average molecular weight is 284 g/mol. The van der Waals surface area contributed by atoms with Gasteiger partial charge in [-0.2, -0.15) is 0 Å². The number of likely N-dealkylation sites (tertiary alicyclic amines) is 1. The summed E-state index contributed by atoms with van der Waals surface area (Å²) in [5.74, 6) is -0.838. The van der Waals surface area contributed by atoms with Gasteiger partial charge in [0.25, 0.3) is 0 Å². The number of nitrogens with one attached hydrogen (secondary N) is 1. The molecule has 2 N–H and O–H groups in total. The van der Waals surface area contributed by atoms with Crippen LogP contribution in [0, 0.1) is 5.41 Å². The molecule has 6 nitrogen and oxygen atoms in total. The molecule has 0 aromatic rings. The molecule has 6 heteroatoms. The molecule has 0 bridgehead atoms. The Bertz CT molecular complexity index is 366. The highest BCUT2D eigenvalue weighted by Gasteiger charge is 2.41. The number of ether oxygens (including phenoxy) is 1. The maximum absolute atomic E-state index is 12.2. The van der Waals surface area contributed by atoms with Crippen LogP contribution in [0.4, 0.5) is 4.79 Å². The second-order valence-corrected chi connectivity index (χ2v) is 5.75. The molecule has 0 radical (unpaired) electrons. The zero-order chi connectivity index (χ0) is 14.6. The fourth-order valence-corrected chi connectivity index (χ4v) is 3.10. The Kier molecular flexibility index (Phi) is 4.86. The zero-order valence-corrected chi connectivity index (χ0v) is 12.1. The maximum Gasteiger partial charge on any atom is 0.317 e. The number of aliphatic carboxylic acids is 1. The number of urea groups is 1. The maximum atomic E-state index is 12.2. The van der Waals surface area contributed by atoms with E-state index in [-0.39, 0.29) is 12.6 Å². The summed E-state index contributed by atoms with van der Waals surface area (Å²) < 4.78 is 5.23. The van der Waals surface area contributed by atoms with E-state index in [2.05, 4.69) is 12.2 Å². The number of carboxylic acids is 1. The van der Waals surface area contributed by atoms with Gasteiger partial charge in [0, 0.05) is 32.3 Å². The van der Waals surface area contributed by atoms with Gasteiger partial charge in [0.2, 0.25) is 0 Å². The number of hydrogen-bond acceptors (Lipinski definition) is 3. The molecule has 0 aromatic heterocycles. The van der Waals surface area contributed by atoms with Crippen LogP contribution in [0.3, 0.4) is 0 Å². The van der Waals surface area contributed by atoms with Crippen molar-refractivity contribution in [3.63, 3.8) is 0 Å². The van der Waals surface area contributed by atoms with Crippen LogP contribution in [-0.4, -0.2) is 54.4 Å². The van der Waals surface area contributed by atoms with Gasteiger partial charge in [0.1, 0.15) is 0 Å². The van der Waals surface area contributed by atoms with Gasteiger partial charge in [-0.3, -0.25) is 4.79 Å². The van der Waals surface area contributed by atoms with Gasteiger partial charge < -0.3 is 20.1 Å². The van der Waals surface area contributed by atoms with Crippen molar-refractivity contribution in [2.45, 2.75) is 45.1 Å². The van der Waals surface area contributed by atoms with Crippen molar-refractivity contribution in [1.82, 2.24) is 10.2 Å². The first-order valence-corrected chi connectivity index (χ1v) is 7.45. The van der Waals surface area contributed by atoms with E-state index in [1.807, 2.05) is 4.90 Å². The van der Waals surface area contributed by atoms with Crippen molar-refractivity contribution in [2.24, 2.45) is 5.41 Å². The Hall–Kier alpha value is -1.30. The van der Waals surface area contributed by atoms with Crippen LogP contribution in [0.25, 0.3) is 0 Å². The minimum absolute atomic E-state index is 0.124. The summed E-state index contributed by atoms with van der Waals surface area (Å²) in [5.41, 5.74) is -0.866. The van der Waals surface area contributed by atoms with Gasteiger partial charge in [-0.15, -0.1) is 0 Å². The average Bonchev–Trinajstić information content (AvgIpc) is 2.94. The summed E-state index contributed by atoms with van der Waals surface area (Å²) in [4.78, 5) is 25.6.